The van der Waals surface area contributed by atoms with E-state index in [1.165, 1.54) is 10.9 Å². The summed E-state index contributed by atoms with van der Waals surface area (Å²) in [6.45, 7) is -0.956. The van der Waals surface area contributed by atoms with Gasteiger partial charge in [0.1, 0.15) is 30.2 Å². The van der Waals surface area contributed by atoms with Crippen LogP contribution in [0.1, 0.15) is 6.23 Å². The van der Waals surface area contributed by atoms with Gasteiger partial charge in [0.15, 0.2) is 17.7 Å². The zero-order chi connectivity index (χ0) is 23.2. The van der Waals surface area contributed by atoms with Gasteiger partial charge in [0.05, 0.1) is 12.9 Å². The molecule has 1 saturated heterocycles. The van der Waals surface area contributed by atoms with Crippen LogP contribution in [0, 0.1) is 0 Å². The van der Waals surface area contributed by atoms with Gasteiger partial charge in [-0.2, -0.15) is 8.62 Å². The number of imidazole rings is 1. The van der Waals surface area contributed by atoms with Crippen LogP contribution in [-0.4, -0.2) is 74.2 Å². The molecule has 3 rings (SSSR count). The SMILES string of the molecule is Nc1ncnc2c1ncn2C1OC(COP(=O)(O)OP(=O)(O)OP(=O)(O)O)C(O)C1O. The first-order valence-corrected chi connectivity index (χ1v) is 12.4. The van der Waals surface area contributed by atoms with Gasteiger partial charge < -0.3 is 40.3 Å². The molecule has 1 aliphatic heterocycles. The van der Waals surface area contributed by atoms with Crippen molar-refractivity contribution in [2.75, 3.05) is 12.3 Å². The third-order valence-electron chi connectivity index (χ3n) is 3.82. The van der Waals surface area contributed by atoms with Crippen LogP contribution >= 0.6 is 23.5 Å². The third kappa shape index (κ3) is 5.71. The van der Waals surface area contributed by atoms with Crippen LogP contribution in [0.25, 0.3) is 11.2 Å². The lowest BCUT2D eigenvalue weighted by molar-refractivity contribution is -0.0503. The minimum atomic E-state index is -5.70. The van der Waals surface area contributed by atoms with Crippen molar-refractivity contribution in [2.45, 2.75) is 24.5 Å². The number of aliphatic hydroxyl groups is 2. The van der Waals surface area contributed by atoms with Crippen LogP contribution in [0.5, 0.6) is 0 Å². The van der Waals surface area contributed by atoms with Crippen molar-refractivity contribution in [3.8, 4) is 0 Å². The summed E-state index contributed by atoms with van der Waals surface area (Å²) in [5.74, 6) is 0.0426. The number of anilines is 1. The predicted octanol–water partition coefficient (Wildman–Crippen LogP) is -1.63. The van der Waals surface area contributed by atoms with Crippen molar-refractivity contribution >= 4 is 40.4 Å². The smallest absolute Gasteiger partial charge is 0.387 e. The predicted molar refractivity (Wildman–Crippen MR) is 95.5 cm³/mol. The number of nitrogens with zero attached hydrogens (tertiary/aromatic N) is 4. The van der Waals surface area contributed by atoms with Crippen molar-refractivity contribution in [2.24, 2.45) is 0 Å². The standard InChI is InChI=1S/C10H16N5O13P3/c11-8-5-9(13-2-12-8)15(3-14-5)10-7(17)6(16)4(26-10)1-25-30(21,22)28-31(23,24)27-29(18,19)20/h2-4,6-7,10,16-17H,1H2,(H,21,22)(H,23,24)(H2,11,12,13)(H2,18,19,20). The molecule has 0 radical (unpaired) electrons. The topological polar surface area (TPSA) is 279 Å². The zero-order valence-corrected chi connectivity index (χ0v) is 17.6. The summed E-state index contributed by atoms with van der Waals surface area (Å²) in [4.78, 5) is 47.2. The third-order valence-corrected chi connectivity index (χ3v) is 7.62. The fourth-order valence-corrected chi connectivity index (χ4v) is 5.65. The minimum Gasteiger partial charge on any atom is -0.387 e. The number of nitrogen functional groups attached to an aromatic ring is 1. The Morgan fingerprint density at radius 3 is 2.35 bits per heavy atom. The summed E-state index contributed by atoms with van der Waals surface area (Å²) in [5, 5.41) is 20.4. The maximum Gasteiger partial charge on any atom is 0.490 e. The molecule has 1 fully saturated rings. The molecule has 21 heteroatoms. The van der Waals surface area contributed by atoms with E-state index >= 15 is 0 Å². The van der Waals surface area contributed by atoms with Gasteiger partial charge in [0.2, 0.25) is 0 Å². The molecule has 3 heterocycles. The Kier molecular flexibility index (Phi) is 6.68. The quantitative estimate of drug-likeness (QED) is 0.197. The molecule has 31 heavy (non-hydrogen) atoms. The molecule has 0 bridgehead atoms. The average molecular weight is 507 g/mol. The van der Waals surface area contributed by atoms with Gasteiger partial charge in [-0.1, -0.05) is 0 Å². The number of hydrogen-bond donors (Lipinski definition) is 7. The van der Waals surface area contributed by atoms with Crippen LogP contribution in [0.3, 0.4) is 0 Å². The first-order chi connectivity index (χ1) is 14.2. The van der Waals surface area contributed by atoms with Gasteiger partial charge in [0, 0.05) is 0 Å². The Morgan fingerprint density at radius 1 is 1.03 bits per heavy atom. The largest absolute Gasteiger partial charge is 0.490 e. The number of phosphoric ester groups is 1. The fourth-order valence-electron chi connectivity index (χ4n) is 2.62. The molecule has 174 valence electrons. The van der Waals surface area contributed by atoms with Gasteiger partial charge in [-0.05, 0) is 0 Å². The Labute approximate surface area is 171 Å². The van der Waals surface area contributed by atoms with Gasteiger partial charge in [-0.25, -0.2) is 28.6 Å². The summed E-state index contributed by atoms with van der Waals surface area (Å²) >= 11 is 0. The molecule has 2 aromatic heterocycles. The average Bonchev–Trinajstić information content (AvgIpc) is 3.13. The molecular weight excluding hydrogens is 491 g/mol. The molecular formula is C10H16N5O13P3. The van der Waals surface area contributed by atoms with E-state index in [1.807, 2.05) is 0 Å². The van der Waals surface area contributed by atoms with Crippen LogP contribution in [0.2, 0.25) is 0 Å². The number of phosphoric acid groups is 3. The van der Waals surface area contributed by atoms with E-state index in [0.29, 0.717) is 0 Å². The molecule has 1 aliphatic rings. The summed E-state index contributed by atoms with van der Waals surface area (Å²) in [6, 6.07) is 0. The Bertz CT molecular complexity index is 1100. The highest BCUT2D eigenvalue weighted by molar-refractivity contribution is 7.66. The first-order valence-electron chi connectivity index (χ1n) is 7.92. The van der Waals surface area contributed by atoms with Crippen molar-refractivity contribution in [1.29, 1.82) is 0 Å². The monoisotopic (exact) mass is 507 g/mol. The normalized spacial score (nSPS) is 28.5. The molecule has 8 N–H and O–H groups in total. The highest BCUT2D eigenvalue weighted by Crippen LogP contribution is 2.66. The molecule has 0 saturated carbocycles. The second-order valence-electron chi connectivity index (χ2n) is 6.02. The maximum atomic E-state index is 11.8. The first kappa shape index (κ1) is 24.3. The van der Waals surface area contributed by atoms with E-state index in [1.54, 1.807) is 0 Å². The van der Waals surface area contributed by atoms with Crippen molar-refractivity contribution in [3.05, 3.63) is 12.7 Å². The second-order valence-corrected chi connectivity index (χ2v) is 10.4. The van der Waals surface area contributed by atoms with Crippen molar-refractivity contribution in [3.63, 3.8) is 0 Å². The molecule has 6 unspecified atom stereocenters. The van der Waals surface area contributed by atoms with Crippen LogP contribution in [-0.2, 0) is 31.6 Å². The van der Waals surface area contributed by atoms with Crippen LogP contribution in [0.4, 0.5) is 5.82 Å². The summed E-state index contributed by atoms with van der Waals surface area (Å²) in [7, 11) is -16.7. The molecule has 0 spiro atoms. The minimum absolute atomic E-state index is 0.0426. The van der Waals surface area contributed by atoms with Gasteiger partial charge in [-0.3, -0.25) is 9.09 Å². The van der Waals surface area contributed by atoms with Crippen LogP contribution in [0.15, 0.2) is 12.7 Å². The highest BCUT2D eigenvalue weighted by atomic mass is 31.3. The second kappa shape index (κ2) is 8.53. The van der Waals surface area contributed by atoms with Gasteiger partial charge >= 0.3 is 23.5 Å². The molecule has 6 atom stereocenters. The number of rotatable bonds is 8. The fraction of sp³-hybridized carbons (Fsp3) is 0.500. The lowest BCUT2D eigenvalue weighted by Gasteiger charge is -2.19. The van der Waals surface area contributed by atoms with E-state index in [0.717, 1.165) is 6.33 Å². The van der Waals surface area contributed by atoms with Gasteiger partial charge in [-0.15, -0.1) is 0 Å². The van der Waals surface area contributed by atoms with Crippen LogP contribution < -0.4 is 5.73 Å². The molecule has 2 aromatic rings. The number of aromatic nitrogens is 4. The molecule has 0 amide bonds. The number of nitrogens with two attached hydrogens (primary N) is 1. The van der Waals surface area contributed by atoms with Crippen molar-refractivity contribution in [1.82, 2.24) is 19.5 Å². The summed E-state index contributed by atoms with van der Waals surface area (Å²) in [6.07, 6.45) is -3.69. The Morgan fingerprint density at radius 2 is 1.71 bits per heavy atom. The highest BCUT2D eigenvalue weighted by Gasteiger charge is 2.47. The van der Waals surface area contributed by atoms with Crippen molar-refractivity contribution < 1.29 is 61.4 Å². The lowest BCUT2D eigenvalue weighted by atomic mass is 10.1. The molecule has 0 aromatic carbocycles. The summed E-state index contributed by atoms with van der Waals surface area (Å²) < 4.78 is 51.9. The number of hydrogen-bond acceptors (Lipinski definition) is 13. The molecule has 0 aliphatic carbocycles. The van der Waals surface area contributed by atoms with E-state index < -0.39 is 54.6 Å². The van der Waals surface area contributed by atoms with E-state index in [-0.39, 0.29) is 17.0 Å². The Balaban J connectivity index is 1.69. The number of ether oxygens (including phenoxy) is 1. The van der Waals surface area contributed by atoms with Gasteiger partial charge in [0.25, 0.3) is 0 Å². The molecule has 18 nitrogen and oxygen atoms in total. The van der Waals surface area contributed by atoms with E-state index in [2.05, 4.69) is 28.1 Å². The van der Waals surface area contributed by atoms with E-state index in [4.69, 9.17) is 25.2 Å². The maximum absolute atomic E-state index is 11.8. The summed E-state index contributed by atoms with van der Waals surface area (Å²) in [5.41, 5.74) is 6.00. The Hall–Kier alpha value is -1.36. The number of fused-ring (bicyclic) bond motifs is 1. The lowest BCUT2D eigenvalue weighted by Crippen LogP contribution is -2.33. The number of aliphatic hydroxyl groups excluding tert-OH is 2. The van der Waals surface area contributed by atoms with E-state index in [9.17, 15) is 28.8 Å². The zero-order valence-electron chi connectivity index (χ0n) is 14.9.